The third-order valence-corrected chi connectivity index (χ3v) is 5.88. The van der Waals surface area contributed by atoms with Gasteiger partial charge in [0.15, 0.2) is 0 Å². The molecule has 0 aliphatic heterocycles. The zero-order chi connectivity index (χ0) is 25.3. The molecule has 1 atom stereocenters. The van der Waals surface area contributed by atoms with Gasteiger partial charge < -0.3 is 25.8 Å². The molecule has 35 heavy (non-hydrogen) atoms. The highest BCUT2D eigenvalue weighted by molar-refractivity contribution is 7.99. The molecule has 2 aromatic carbocycles. The molecule has 0 aromatic heterocycles. The highest BCUT2D eigenvalue weighted by Gasteiger charge is 2.22. The molecular weight excluding hydrogens is 470 g/mol. The van der Waals surface area contributed by atoms with Crippen LogP contribution in [-0.4, -0.2) is 53.1 Å². The van der Waals surface area contributed by atoms with Crippen LogP contribution in [0, 0.1) is 0 Å². The maximum atomic E-state index is 12.8. The molecule has 3 amide bonds. The number of ether oxygens (including phenoxy) is 1. The summed E-state index contributed by atoms with van der Waals surface area (Å²) < 4.78 is 5.25. The van der Waals surface area contributed by atoms with Crippen LogP contribution in [0.15, 0.2) is 60.7 Å². The fraction of sp³-hybridized carbons (Fsp3) is 0.360. The quantitative estimate of drug-likeness (QED) is 0.275. The van der Waals surface area contributed by atoms with Gasteiger partial charge in [-0.05, 0) is 36.3 Å². The third-order valence-electron chi connectivity index (χ3n) is 4.73. The Kier molecular flexibility index (Phi) is 12.8. The van der Waals surface area contributed by atoms with Gasteiger partial charge in [0.2, 0.25) is 11.8 Å². The summed E-state index contributed by atoms with van der Waals surface area (Å²) in [7, 11) is 0. The standard InChI is InChI=1S/C25H31N3O6S/c29-22(26-15-7-14-23(30)31)13-8-16-35-18-21(24(32)27-20-11-5-2-6-12-20)28-25(33)34-17-19-9-3-1-4-10-19/h1-6,9-12,21H,7-8,13-18H2,(H,26,29)(H,27,32)(H,28,33)(H,30,31)/t21-/m0/s1. The molecule has 188 valence electrons. The lowest BCUT2D eigenvalue weighted by atomic mass is 10.2. The topological polar surface area (TPSA) is 134 Å². The van der Waals surface area contributed by atoms with E-state index in [1.165, 1.54) is 11.8 Å². The lowest BCUT2D eigenvalue weighted by molar-refractivity contribution is -0.137. The molecule has 0 fully saturated rings. The van der Waals surface area contributed by atoms with E-state index in [2.05, 4.69) is 16.0 Å². The van der Waals surface area contributed by atoms with Crippen LogP contribution in [0.3, 0.4) is 0 Å². The van der Waals surface area contributed by atoms with Gasteiger partial charge in [-0.2, -0.15) is 11.8 Å². The number of para-hydroxylation sites is 1. The number of hydrogen-bond donors (Lipinski definition) is 4. The van der Waals surface area contributed by atoms with Gasteiger partial charge in [-0.15, -0.1) is 0 Å². The van der Waals surface area contributed by atoms with Crippen LogP contribution in [-0.2, 0) is 25.7 Å². The predicted molar refractivity (Wildman–Crippen MR) is 135 cm³/mol. The number of carbonyl (C=O) groups is 4. The highest BCUT2D eigenvalue weighted by atomic mass is 32.2. The first kappa shape index (κ1) is 27.7. The van der Waals surface area contributed by atoms with Gasteiger partial charge in [-0.25, -0.2) is 4.79 Å². The lowest BCUT2D eigenvalue weighted by Gasteiger charge is -2.18. The maximum absolute atomic E-state index is 12.8. The molecule has 0 saturated heterocycles. The van der Waals surface area contributed by atoms with E-state index in [1.54, 1.807) is 24.3 Å². The number of nitrogens with one attached hydrogen (secondary N) is 3. The molecule has 0 aliphatic carbocycles. The molecular formula is C25H31N3O6S. The van der Waals surface area contributed by atoms with Crippen LogP contribution in [0.4, 0.5) is 10.5 Å². The number of amides is 3. The Morgan fingerprint density at radius 1 is 0.914 bits per heavy atom. The molecule has 0 radical (unpaired) electrons. The first-order valence-corrected chi connectivity index (χ1v) is 12.5. The minimum atomic E-state index is -0.890. The zero-order valence-electron chi connectivity index (χ0n) is 19.4. The van der Waals surface area contributed by atoms with Gasteiger partial charge in [0.05, 0.1) is 0 Å². The second kappa shape index (κ2) is 16.2. The molecule has 2 aromatic rings. The number of alkyl carbamates (subject to hydrolysis) is 1. The van der Waals surface area contributed by atoms with Crippen LogP contribution in [0.25, 0.3) is 0 Å². The molecule has 4 N–H and O–H groups in total. The fourth-order valence-electron chi connectivity index (χ4n) is 2.93. The fourth-order valence-corrected chi connectivity index (χ4v) is 3.92. The molecule has 10 heteroatoms. The van der Waals surface area contributed by atoms with E-state index in [4.69, 9.17) is 9.84 Å². The smallest absolute Gasteiger partial charge is 0.408 e. The zero-order valence-corrected chi connectivity index (χ0v) is 20.2. The van der Waals surface area contributed by atoms with Crippen molar-refractivity contribution >= 4 is 41.3 Å². The summed E-state index contributed by atoms with van der Waals surface area (Å²) in [6.07, 6.45) is 0.598. The summed E-state index contributed by atoms with van der Waals surface area (Å²) >= 11 is 1.44. The Morgan fingerprint density at radius 3 is 2.29 bits per heavy atom. The number of carboxylic acid groups (broad SMARTS) is 1. The molecule has 0 aliphatic rings. The van der Waals surface area contributed by atoms with Gasteiger partial charge in [-0.1, -0.05) is 48.5 Å². The maximum Gasteiger partial charge on any atom is 0.408 e. The molecule has 0 bridgehead atoms. The van der Waals surface area contributed by atoms with Crippen molar-refractivity contribution in [2.24, 2.45) is 0 Å². The van der Waals surface area contributed by atoms with Crippen LogP contribution >= 0.6 is 11.8 Å². The number of benzene rings is 2. The van der Waals surface area contributed by atoms with Crippen molar-refractivity contribution in [1.29, 1.82) is 0 Å². The van der Waals surface area contributed by atoms with Crippen molar-refractivity contribution in [3.8, 4) is 0 Å². The monoisotopic (exact) mass is 501 g/mol. The Bertz CT molecular complexity index is 943. The first-order chi connectivity index (χ1) is 16.9. The molecule has 2 rings (SSSR count). The van der Waals surface area contributed by atoms with Crippen LogP contribution in [0.1, 0.15) is 31.2 Å². The lowest BCUT2D eigenvalue weighted by Crippen LogP contribution is -2.45. The molecule has 9 nitrogen and oxygen atoms in total. The van der Waals surface area contributed by atoms with Gasteiger partial charge in [-0.3, -0.25) is 14.4 Å². The summed E-state index contributed by atoms with van der Waals surface area (Å²) in [5, 5.41) is 16.7. The number of aliphatic carboxylic acids is 1. The average Bonchev–Trinajstić information content (AvgIpc) is 2.85. The predicted octanol–water partition coefficient (Wildman–Crippen LogP) is 3.41. The number of anilines is 1. The first-order valence-electron chi connectivity index (χ1n) is 11.3. The molecule has 0 heterocycles. The van der Waals surface area contributed by atoms with Crippen molar-refractivity contribution < 1.29 is 29.0 Å². The summed E-state index contributed by atoms with van der Waals surface area (Å²) in [6.45, 7) is 0.420. The Labute approximate surface area is 209 Å². The van der Waals surface area contributed by atoms with E-state index in [-0.39, 0.29) is 24.8 Å². The summed E-state index contributed by atoms with van der Waals surface area (Å²) in [6, 6.07) is 17.4. The summed E-state index contributed by atoms with van der Waals surface area (Å²) in [5.74, 6) is -0.481. The van der Waals surface area contributed by atoms with Crippen LogP contribution in [0.5, 0.6) is 0 Å². The van der Waals surface area contributed by atoms with Crippen molar-refractivity contribution in [1.82, 2.24) is 10.6 Å². The minimum Gasteiger partial charge on any atom is -0.481 e. The Morgan fingerprint density at radius 2 is 1.60 bits per heavy atom. The van der Waals surface area contributed by atoms with Crippen LogP contribution in [0.2, 0.25) is 0 Å². The van der Waals surface area contributed by atoms with Gasteiger partial charge in [0.25, 0.3) is 0 Å². The van der Waals surface area contributed by atoms with Crippen molar-refractivity contribution in [2.75, 3.05) is 23.4 Å². The van der Waals surface area contributed by atoms with E-state index in [1.807, 2.05) is 36.4 Å². The van der Waals surface area contributed by atoms with Crippen molar-refractivity contribution in [3.05, 3.63) is 66.2 Å². The van der Waals surface area contributed by atoms with Crippen molar-refractivity contribution in [3.63, 3.8) is 0 Å². The number of carbonyl (C=O) groups excluding carboxylic acids is 3. The SMILES string of the molecule is O=C(O)CCCNC(=O)CCCSC[C@H](NC(=O)OCc1ccccc1)C(=O)Nc1ccccc1. The van der Waals surface area contributed by atoms with Gasteiger partial charge in [0, 0.05) is 30.8 Å². The Balaban J connectivity index is 1.77. The van der Waals surface area contributed by atoms with E-state index < -0.39 is 18.1 Å². The normalized spacial score (nSPS) is 11.2. The number of hydrogen-bond acceptors (Lipinski definition) is 6. The number of carboxylic acids is 1. The Hall–Kier alpha value is -3.53. The highest BCUT2D eigenvalue weighted by Crippen LogP contribution is 2.11. The average molecular weight is 502 g/mol. The minimum absolute atomic E-state index is 0.0172. The molecule has 0 spiro atoms. The molecule has 0 unspecified atom stereocenters. The van der Waals surface area contributed by atoms with Gasteiger partial charge >= 0.3 is 12.1 Å². The van der Waals surface area contributed by atoms with E-state index in [0.29, 0.717) is 43.0 Å². The van der Waals surface area contributed by atoms with E-state index in [9.17, 15) is 19.2 Å². The largest absolute Gasteiger partial charge is 0.481 e. The number of thioether (sulfide) groups is 1. The second-order valence-corrected chi connectivity index (χ2v) is 8.79. The van der Waals surface area contributed by atoms with E-state index >= 15 is 0 Å². The van der Waals surface area contributed by atoms with Crippen LogP contribution < -0.4 is 16.0 Å². The summed E-state index contributed by atoms with van der Waals surface area (Å²) in [4.78, 5) is 47.4. The summed E-state index contributed by atoms with van der Waals surface area (Å²) in [5.41, 5.74) is 1.45. The molecule has 0 saturated carbocycles. The third kappa shape index (κ3) is 12.5. The number of rotatable bonds is 15. The van der Waals surface area contributed by atoms with E-state index in [0.717, 1.165) is 5.56 Å². The van der Waals surface area contributed by atoms with Gasteiger partial charge in [0.1, 0.15) is 12.6 Å². The van der Waals surface area contributed by atoms with Crippen molar-refractivity contribution in [2.45, 2.75) is 38.3 Å². The second-order valence-electron chi connectivity index (χ2n) is 7.64.